The minimum absolute atomic E-state index is 0.216. The van der Waals surface area contributed by atoms with E-state index >= 15 is 0 Å². The Morgan fingerprint density at radius 1 is 1.00 bits per heavy atom. The highest BCUT2D eigenvalue weighted by Gasteiger charge is 2.12. The van der Waals surface area contributed by atoms with Crippen LogP contribution in [0.3, 0.4) is 0 Å². The van der Waals surface area contributed by atoms with Crippen LogP contribution in [0.15, 0.2) is 55.1 Å². The van der Waals surface area contributed by atoms with E-state index in [0.717, 1.165) is 11.4 Å². The van der Waals surface area contributed by atoms with E-state index in [1.807, 2.05) is 35.2 Å². The smallest absolute Gasteiger partial charge is 0.244 e. The minimum Gasteiger partial charge on any atom is -0.493 e. The van der Waals surface area contributed by atoms with E-state index in [0.29, 0.717) is 36.2 Å². The molecule has 2 aromatic heterocycles. The lowest BCUT2D eigenvalue weighted by Gasteiger charge is -2.12. The van der Waals surface area contributed by atoms with Crippen LogP contribution in [0, 0.1) is 0 Å². The van der Waals surface area contributed by atoms with Crippen molar-refractivity contribution in [2.24, 2.45) is 0 Å². The van der Waals surface area contributed by atoms with Crippen molar-refractivity contribution in [3.8, 4) is 23.1 Å². The van der Waals surface area contributed by atoms with Gasteiger partial charge in [0, 0.05) is 37.6 Å². The summed E-state index contributed by atoms with van der Waals surface area (Å²) in [5.41, 5.74) is 0.751. The SMILES string of the molecule is COc1cc(/C=C/C(=O)NCCNc2cc(-n3cccc3)ncn2)cc(OC)c1OC. The fourth-order valence-electron chi connectivity index (χ4n) is 2.88. The zero-order valence-corrected chi connectivity index (χ0v) is 17.7. The summed E-state index contributed by atoms with van der Waals surface area (Å²) in [6.07, 6.45) is 8.45. The van der Waals surface area contributed by atoms with Gasteiger partial charge in [-0.25, -0.2) is 9.97 Å². The van der Waals surface area contributed by atoms with Crippen molar-refractivity contribution in [1.82, 2.24) is 19.9 Å². The van der Waals surface area contributed by atoms with E-state index in [1.165, 1.54) is 12.4 Å². The number of aromatic nitrogens is 3. The zero-order valence-electron chi connectivity index (χ0n) is 17.7. The van der Waals surface area contributed by atoms with Crippen LogP contribution in [0.25, 0.3) is 11.9 Å². The first kappa shape index (κ1) is 21.7. The molecular weight excluding hydrogens is 398 g/mol. The molecule has 0 aliphatic rings. The van der Waals surface area contributed by atoms with Crippen LogP contribution in [-0.4, -0.2) is 54.9 Å². The highest BCUT2D eigenvalue weighted by Crippen LogP contribution is 2.38. The van der Waals surface area contributed by atoms with Crippen molar-refractivity contribution in [2.45, 2.75) is 0 Å². The molecular formula is C22H25N5O4. The third-order valence-electron chi connectivity index (χ3n) is 4.37. The molecule has 31 heavy (non-hydrogen) atoms. The summed E-state index contributed by atoms with van der Waals surface area (Å²) in [7, 11) is 4.63. The molecule has 3 rings (SSSR count). The van der Waals surface area contributed by atoms with Crippen molar-refractivity contribution < 1.29 is 19.0 Å². The predicted octanol–water partition coefficient (Wildman–Crippen LogP) is 2.53. The number of carbonyl (C=O) groups excluding carboxylic acids is 1. The predicted molar refractivity (Wildman–Crippen MR) is 118 cm³/mol. The second kappa shape index (κ2) is 10.7. The highest BCUT2D eigenvalue weighted by molar-refractivity contribution is 5.91. The number of benzene rings is 1. The van der Waals surface area contributed by atoms with Crippen LogP contribution < -0.4 is 24.8 Å². The first-order valence-corrected chi connectivity index (χ1v) is 9.59. The molecule has 2 N–H and O–H groups in total. The number of nitrogens with zero attached hydrogens (tertiary/aromatic N) is 3. The minimum atomic E-state index is -0.216. The van der Waals surface area contributed by atoms with Gasteiger partial charge in [-0.1, -0.05) is 0 Å². The number of anilines is 1. The van der Waals surface area contributed by atoms with Gasteiger partial charge in [0.15, 0.2) is 11.5 Å². The fraction of sp³-hybridized carbons (Fsp3) is 0.227. The number of carbonyl (C=O) groups is 1. The normalized spacial score (nSPS) is 10.7. The first-order chi connectivity index (χ1) is 15.1. The summed E-state index contributed by atoms with van der Waals surface area (Å²) >= 11 is 0. The molecule has 0 unspecified atom stereocenters. The number of hydrogen-bond acceptors (Lipinski definition) is 7. The Labute approximate surface area is 180 Å². The van der Waals surface area contributed by atoms with Crippen LogP contribution in [0.4, 0.5) is 5.82 Å². The van der Waals surface area contributed by atoms with Gasteiger partial charge in [-0.15, -0.1) is 0 Å². The largest absolute Gasteiger partial charge is 0.493 e. The summed E-state index contributed by atoms with van der Waals surface area (Å²) in [4.78, 5) is 20.6. The molecule has 0 aliphatic carbocycles. The number of rotatable bonds is 10. The van der Waals surface area contributed by atoms with Gasteiger partial charge in [-0.3, -0.25) is 4.79 Å². The summed E-state index contributed by atoms with van der Waals surface area (Å²) < 4.78 is 17.8. The molecule has 0 radical (unpaired) electrons. The Hall–Kier alpha value is -4.01. The Kier molecular flexibility index (Phi) is 7.47. The molecule has 162 valence electrons. The Balaban J connectivity index is 1.51. The lowest BCUT2D eigenvalue weighted by atomic mass is 10.1. The molecule has 0 atom stereocenters. The molecule has 0 saturated carbocycles. The summed E-state index contributed by atoms with van der Waals surface area (Å²) in [6, 6.07) is 9.23. The van der Waals surface area contributed by atoms with Crippen LogP contribution >= 0.6 is 0 Å². The number of ether oxygens (including phenoxy) is 3. The van der Waals surface area contributed by atoms with Gasteiger partial charge in [0.2, 0.25) is 11.7 Å². The molecule has 3 aromatic rings. The Morgan fingerprint density at radius 3 is 2.35 bits per heavy atom. The second-order valence-electron chi connectivity index (χ2n) is 6.36. The van der Waals surface area contributed by atoms with Crippen molar-refractivity contribution in [1.29, 1.82) is 0 Å². The van der Waals surface area contributed by atoms with Crippen molar-refractivity contribution in [3.63, 3.8) is 0 Å². The molecule has 9 nitrogen and oxygen atoms in total. The first-order valence-electron chi connectivity index (χ1n) is 9.59. The van der Waals surface area contributed by atoms with Crippen molar-refractivity contribution in [3.05, 3.63) is 60.7 Å². The van der Waals surface area contributed by atoms with E-state index in [1.54, 1.807) is 39.5 Å². The number of nitrogens with one attached hydrogen (secondary N) is 2. The van der Waals surface area contributed by atoms with Gasteiger partial charge in [0.1, 0.15) is 18.0 Å². The van der Waals surface area contributed by atoms with E-state index in [4.69, 9.17) is 14.2 Å². The maximum Gasteiger partial charge on any atom is 0.244 e. The summed E-state index contributed by atoms with van der Waals surface area (Å²) in [6.45, 7) is 0.952. The van der Waals surface area contributed by atoms with Gasteiger partial charge < -0.3 is 29.4 Å². The lowest BCUT2D eigenvalue weighted by Crippen LogP contribution is -2.27. The molecule has 0 fully saturated rings. The molecule has 0 aliphatic heterocycles. The van der Waals surface area contributed by atoms with Crippen LogP contribution in [-0.2, 0) is 4.79 Å². The fourth-order valence-corrected chi connectivity index (χ4v) is 2.88. The van der Waals surface area contributed by atoms with Crippen LogP contribution in [0.1, 0.15) is 5.56 Å². The van der Waals surface area contributed by atoms with Crippen LogP contribution in [0.5, 0.6) is 17.2 Å². The topological polar surface area (TPSA) is 99.5 Å². The summed E-state index contributed by atoms with van der Waals surface area (Å²) in [5.74, 6) is 2.78. The highest BCUT2D eigenvalue weighted by atomic mass is 16.5. The van der Waals surface area contributed by atoms with Gasteiger partial charge in [-0.05, 0) is 35.9 Å². The Morgan fingerprint density at radius 2 is 1.71 bits per heavy atom. The lowest BCUT2D eigenvalue weighted by molar-refractivity contribution is -0.116. The van der Waals surface area contributed by atoms with Gasteiger partial charge in [0.25, 0.3) is 0 Å². The van der Waals surface area contributed by atoms with E-state index < -0.39 is 0 Å². The standard InChI is InChI=1S/C22H25N5O4/c1-29-17-12-16(13-18(30-2)22(17)31-3)6-7-21(28)24-9-8-23-19-14-20(26-15-25-19)27-10-4-5-11-27/h4-7,10-15H,8-9H2,1-3H3,(H,24,28)(H,23,25,26)/b7-6+. The second-order valence-corrected chi connectivity index (χ2v) is 6.36. The van der Waals surface area contributed by atoms with E-state index in [2.05, 4.69) is 20.6 Å². The molecule has 1 amide bonds. The van der Waals surface area contributed by atoms with Gasteiger partial charge >= 0.3 is 0 Å². The number of hydrogen-bond donors (Lipinski definition) is 2. The van der Waals surface area contributed by atoms with Crippen LogP contribution in [0.2, 0.25) is 0 Å². The quantitative estimate of drug-likeness (QED) is 0.382. The third-order valence-corrected chi connectivity index (χ3v) is 4.37. The number of methoxy groups -OCH3 is 3. The molecule has 1 aromatic carbocycles. The van der Waals surface area contributed by atoms with Crippen molar-refractivity contribution >= 4 is 17.8 Å². The van der Waals surface area contributed by atoms with Crippen molar-refractivity contribution in [2.75, 3.05) is 39.7 Å². The molecule has 0 bridgehead atoms. The number of amides is 1. The zero-order chi connectivity index (χ0) is 22.1. The molecule has 0 spiro atoms. The van der Waals surface area contributed by atoms with Gasteiger partial charge in [0.05, 0.1) is 21.3 Å². The molecule has 9 heteroatoms. The Bertz CT molecular complexity index is 1010. The third kappa shape index (κ3) is 5.75. The maximum atomic E-state index is 12.1. The van der Waals surface area contributed by atoms with Gasteiger partial charge in [-0.2, -0.15) is 0 Å². The molecule has 0 saturated heterocycles. The summed E-state index contributed by atoms with van der Waals surface area (Å²) in [5, 5.41) is 5.99. The molecule has 2 heterocycles. The van der Waals surface area contributed by atoms with E-state index in [-0.39, 0.29) is 5.91 Å². The monoisotopic (exact) mass is 423 g/mol. The average molecular weight is 423 g/mol. The van der Waals surface area contributed by atoms with E-state index in [9.17, 15) is 4.79 Å². The maximum absolute atomic E-state index is 12.1. The average Bonchev–Trinajstić information content (AvgIpc) is 3.35.